The van der Waals surface area contributed by atoms with Crippen LogP contribution in [0.3, 0.4) is 0 Å². The van der Waals surface area contributed by atoms with Crippen LogP contribution in [0, 0.1) is 0 Å². The van der Waals surface area contributed by atoms with Gasteiger partial charge < -0.3 is 10.3 Å². The van der Waals surface area contributed by atoms with Gasteiger partial charge in [0, 0.05) is 19.5 Å². The van der Waals surface area contributed by atoms with Gasteiger partial charge in [-0.25, -0.2) is 4.98 Å². The molecule has 1 aromatic carbocycles. The normalized spacial score (nSPS) is 20.1. The van der Waals surface area contributed by atoms with E-state index in [0.29, 0.717) is 6.04 Å². The molecule has 3 rings (SSSR count). The van der Waals surface area contributed by atoms with E-state index >= 15 is 0 Å². The van der Waals surface area contributed by atoms with E-state index in [1.165, 1.54) is 11.1 Å². The van der Waals surface area contributed by atoms with Crippen LogP contribution >= 0.6 is 0 Å². The largest absolute Gasteiger partial charge is 0.331 e. The molecular weight excluding hydrogens is 222 g/mol. The molecule has 3 nitrogen and oxygen atoms in total. The van der Waals surface area contributed by atoms with Gasteiger partial charge in [0.25, 0.3) is 0 Å². The summed E-state index contributed by atoms with van der Waals surface area (Å²) in [4.78, 5) is 4.72. The van der Waals surface area contributed by atoms with Gasteiger partial charge in [0.15, 0.2) is 0 Å². The molecule has 1 aromatic heterocycles. The number of para-hydroxylation sites is 2. The third-order valence-corrected chi connectivity index (χ3v) is 3.81. The zero-order valence-electron chi connectivity index (χ0n) is 10.8. The summed E-state index contributed by atoms with van der Waals surface area (Å²) >= 11 is 0. The first-order valence-corrected chi connectivity index (χ1v) is 6.58. The maximum absolute atomic E-state index is 5.92. The van der Waals surface area contributed by atoms with Crippen LogP contribution in [0.2, 0.25) is 0 Å². The number of nitrogens with zero attached hydrogens (tertiary/aromatic N) is 2. The summed E-state index contributed by atoms with van der Waals surface area (Å²) in [6, 6.07) is 8.65. The van der Waals surface area contributed by atoms with E-state index in [4.69, 9.17) is 10.7 Å². The lowest BCUT2D eigenvalue weighted by atomic mass is 9.94. The van der Waals surface area contributed by atoms with Crippen molar-refractivity contribution in [2.45, 2.75) is 31.7 Å². The van der Waals surface area contributed by atoms with Crippen LogP contribution in [0.15, 0.2) is 35.9 Å². The van der Waals surface area contributed by atoms with Gasteiger partial charge in [-0.15, -0.1) is 0 Å². The minimum Gasteiger partial charge on any atom is -0.331 e. The van der Waals surface area contributed by atoms with Crippen molar-refractivity contribution in [3.63, 3.8) is 0 Å². The number of nitrogens with two attached hydrogens (primary N) is 1. The first kappa shape index (κ1) is 11.5. The molecule has 1 aliphatic rings. The van der Waals surface area contributed by atoms with Crippen molar-refractivity contribution in [3.8, 4) is 0 Å². The molecule has 0 amide bonds. The Labute approximate surface area is 107 Å². The van der Waals surface area contributed by atoms with E-state index in [9.17, 15) is 0 Å². The van der Waals surface area contributed by atoms with E-state index in [1.807, 2.05) is 6.07 Å². The Bertz CT molecular complexity index is 595. The monoisotopic (exact) mass is 241 g/mol. The molecule has 1 heterocycles. The Morgan fingerprint density at radius 3 is 2.94 bits per heavy atom. The summed E-state index contributed by atoms with van der Waals surface area (Å²) in [5, 5.41) is 0. The van der Waals surface area contributed by atoms with Crippen LogP contribution in [-0.2, 0) is 13.5 Å². The second-order valence-corrected chi connectivity index (χ2v) is 5.15. The number of hydrogen-bond donors (Lipinski definition) is 1. The zero-order valence-corrected chi connectivity index (χ0v) is 10.8. The fourth-order valence-electron chi connectivity index (χ4n) is 2.63. The maximum Gasteiger partial charge on any atom is 0.113 e. The number of aromatic nitrogens is 2. The highest BCUT2D eigenvalue weighted by Gasteiger charge is 2.13. The van der Waals surface area contributed by atoms with Gasteiger partial charge in [0.2, 0.25) is 0 Å². The Balaban J connectivity index is 1.89. The quantitative estimate of drug-likeness (QED) is 0.821. The Kier molecular flexibility index (Phi) is 2.92. The first-order valence-electron chi connectivity index (χ1n) is 6.58. The number of rotatable bonds is 2. The number of benzene rings is 1. The summed E-state index contributed by atoms with van der Waals surface area (Å²) in [5.74, 6) is 1.15. The molecule has 3 heteroatoms. The van der Waals surface area contributed by atoms with Gasteiger partial charge in [0.05, 0.1) is 11.0 Å². The molecule has 0 fully saturated rings. The lowest BCUT2D eigenvalue weighted by Crippen LogP contribution is -2.22. The molecule has 0 saturated carbocycles. The van der Waals surface area contributed by atoms with E-state index in [-0.39, 0.29) is 0 Å². The van der Waals surface area contributed by atoms with E-state index in [2.05, 4.69) is 35.9 Å². The molecule has 18 heavy (non-hydrogen) atoms. The van der Waals surface area contributed by atoms with Crippen molar-refractivity contribution in [1.82, 2.24) is 9.55 Å². The predicted octanol–water partition coefficient (Wildman–Crippen LogP) is 2.55. The van der Waals surface area contributed by atoms with Crippen molar-refractivity contribution >= 4 is 11.0 Å². The minimum atomic E-state index is 0.356. The Hall–Kier alpha value is -1.61. The van der Waals surface area contributed by atoms with Crippen LogP contribution in [0.25, 0.3) is 11.0 Å². The highest BCUT2D eigenvalue weighted by atomic mass is 15.1. The summed E-state index contributed by atoms with van der Waals surface area (Å²) in [7, 11) is 2.10. The molecule has 2 aromatic rings. The summed E-state index contributed by atoms with van der Waals surface area (Å²) in [6.07, 6.45) is 6.49. The smallest absolute Gasteiger partial charge is 0.113 e. The van der Waals surface area contributed by atoms with Crippen molar-refractivity contribution < 1.29 is 0 Å². The Morgan fingerprint density at radius 2 is 2.22 bits per heavy atom. The molecule has 1 aliphatic carbocycles. The van der Waals surface area contributed by atoms with Gasteiger partial charge >= 0.3 is 0 Å². The van der Waals surface area contributed by atoms with Crippen LogP contribution < -0.4 is 5.73 Å². The topological polar surface area (TPSA) is 43.8 Å². The van der Waals surface area contributed by atoms with E-state index < -0.39 is 0 Å². The maximum atomic E-state index is 5.92. The number of aryl methyl sites for hydroxylation is 1. The molecule has 0 bridgehead atoms. The molecule has 2 N–H and O–H groups in total. The van der Waals surface area contributed by atoms with Crippen LogP contribution in [0.4, 0.5) is 0 Å². The molecule has 0 saturated heterocycles. The average Bonchev–Trinajstić information content (AvgIpc) is 2.70. The SMILES string of the molecule is Cn1c(CC2=CCC(N)CC2)nc2ccccc21. The van der Waals surface area contributed by atoms with Gasteiger partial charge in [-0.2, -0.15) is 0 Å². The summed E-state index contributed by atoms with van der Waals surface area (Å²) < 4.78 is 2.20. The highest BCUT2D eigenvalue weighted by molar-refractivity contribution is 5.75. The standard InChI is InChI=1S/C15H19N3/c1-18-14-5-3-2-4-13(14)17-15(18)10-11-6-8-12(16)9-7-11/h2-6,12H,7-10,16H2,1H3. The van der Waals surface area contributed by atoms with Gasteiger partial charge in [0.1, 0.15) is 5.82 Å². The van der Waals surface area contributed by atoms with E-state index in [0.717, 1.165) is 37.0 Å². The Morgan fingerprint density at radius 1 is 1.39 bits per heavy atom. The van der Waals surface area contributed by atoms with Crippen LogP contribution in [-0.4, -0.2) is 15.6 Å². The third-order valence-electron chi connectivity index (χ3n) is 3.81. The molecule has 0 radical (unpaired) electrons. The zero-order chi connectivity index (χ0) is 12.5. The van der Waals surface area contributed by atoms with Crippen molar-refractivity contribution in [2.75, 3.05) is 0 Å². The number of fused-ring (bicyclic) bond motifs is 1. The lowest BCUT2D eigenvalue weighted by molar-refractivity contribution is 0.580. The fourth-order valence-corrected chi connectivity index (χ4v) is 2.63. The van der Waals surface area contributed by atoms with Gasteiger partial charge in [-0.1, -0.05) is 23.8 Å². The summed E-state index contributed by atoms with van der Waals surface area (Å²) in [5.41, 5.74) is 9.69. The number of hydrogen-bond acceptors (Lipinski definition) is 2. The van der Waals surface area contributed by atoms with Crippen LogP contribution in [0.5, 0.6) is 0 Å². The highest BCUT2D eigenvalue weighted by Crippen LogP contribution is 2.22. The minimum absolute atomic E-state index is 0.356. The van der Waals surface area contributed by atoms with Crippen molar-refractivity contribution in [1.29, 1.82) is 0 Å². The molecular formula is C15H19N3. The first-order chi connectivity index (χ1) is 8.74. The average molecular weight is 241 g/mol. The fraction of sp³-hybridized carbons (Fsp3) is 0.400. The number of allylic oxidation sites excluding steroid dienone is 1. The third kappa shape index (κ3) is 2.06. The van der Waals surface area contributed by atoms with E-state index in [1.54, 1.807) is 0 Å². The lowest BCUT2D eigenvalue weighted by Gasteiger charge is -2.18. The second-order valence-electron chi connectivity index (χ2n) is 5.15. The van der Waals surface area contributed by atoms with Crippen molar-refractivity contribution in [2.24, 2.45) is 12.8 Å². The van der Waals surface area contributed by atoms with Gasteiger partial charge in [-0.05, 0) is 31.4 Å². The molecule has 0 spiro atoms. The molecule has 1 atom stereocenters. The predicted molar refractivity (Wildman–Crippen MR) is 74.3 cm³/mol. The second kappa shape index (κ2) is 4.58. The molecule has 0 aliphatic heterocycles. The number of imidazole rings is 1. The van der Waals surface area contributed by atoms with Crippen LogP contribution in [0.1, 0.15) is 25.1 Å². The van der Waals surface area contributed by atoms with Gasteiger partial charge in [-0.3, -0.25) is 0 Å². The molecule has 94 valence electrons. The molecule has 1 unspecified atom stereocenters. The van der Waals surface area contributed by atoms with Crippen molar-refractivity contribution in [3.05, 3.63) is 41.7 Å². The summed E-state index contributed by atoms with van der Waals surface area (Å²) in [6.45, 7) is 0.